The second-order valence-electron chi connectivity index (χ2n) is 7.67. The maximum atomic E-state index is 13.2. The Morgan fingerprint density at radius 2 is 1.81 bits per heavy atom. The van der Waals surface area contributed by atoms with Gasteiger partial charge in [0.05, 0.1) is 23.2 Å². The van der Waals surface area contributed by atoms with Crippen LogP contribution in [0.25, 0.3) is 0 Å². The topological polar surface area (TPSA) is 88.4 Å². The molecule has 0 unspecified atom stereocenters. The second kappa shape index (κ2) is 8.13. The predicted octanol–water partition coefficient (Wildman–Crippen LogP) is 2.66. The fraction of sp³-hybridized carbons (Fsp3) is 0.526. The number of hydrogen-bond acceptors (Lipinski definition) is 6. The van der Waals surface area contributed by atoms with Gasteiger partial charge in [0.25, 0.3) is 0 Å². The summed E-state index contributed by atoms with van der Waals surface area (Å²) in [7, 11) is -2.21. The lowest BCUT2D eigenvalue weighted by Crippen LogP contribution is -2.45. The Kier molecular flexibility index (Phi) is 6.05. The summed E-state index contributed by atoms with van der Waals surface area (Å²) in [6, 6.07) is 2.27. The van der Waals surface area contributed by atoms with Crippen molar-refractivity contribution in [3.8, 4) is 0 Å². The van der Waals surface area contributed by atoms with Crippen LogP contribution in [-0.4, -0.2) is 48.4 Å². The first-order valence-corrected chi connectivity index (χ1v) is 11.5. The number of alkyl halides is 3. The number of carbonyl (C=O) groups excluding carboxylic acids is 1. The molecule has 2 aromatic rings. The Morgan fingerprint density at radius 1 is 1.19 bits per heavy atom. The van der Waals surface area contributed by atoms with Gasteiger partial charge in [0.2, 0.25) is 15.9 Å². The minimum Gasteiger partial charge on any atom is -0.357 e. The van der Waals surface area contributed by atoms with E-state index < -0.39 is 33.6 Å². The van der Waals surface area contributed by atoms with Crippen LogP contribution in [0.3, 0.4) is 0 Å². The number of rotatable bonds is 4. The van der Waals surface area contributed by atoms with Crippen LogP contribution >= 0.6 is 0 Å². The third-order valence-corrected chi connectivity index (χ3v) is 6.47. The van der Waals surface area contributed by atoms with Crippen LogP contribution in [0.2, 0.25) is 0 Å². The summed E-state index contributed by atoms with van der Waals surface area (Å²) >= 11 is 0. The molecule has 8 nitrogen and oxygen atoms in total. The van der Waals surface area contributed by atoms with Gasteiger partial charge in [0.1, 0.15) is 11.5 Å². The molecule has 1 amide bonds. The highest BCUT2D eigenvalue weighted by molar-refractivity contribution is 7.92. The van der Waals surface area contributed by atoms with Gasteiger partial charge in [-0.25, -0.2) is 17.7 Å². The summed E-state index contributed by atoms with van der Waals surface area (Å²) in [5, 5.41) is 4.21. The minimum absolute atomic E-state index is 0.266. The maximum absolute atomic E-state index is 13.2. The van der Waals surface area contributed by atoms with E-state index >= 15 is 0 Å². The van der Waals surface area contributed by atoms with Crippen LogP contribution in [-0.2, 0) is 28.0 Å². The van der Waals surface area contributed by atoms with Gasteiger partial charge in [0.15, 0.2) is 0 Å². The SMILES string of the molecule is Cc1nn(C)c(C)c1N(C(=O)C1CCN(c2ccc(C(F)(F)F)cn2)CC1)S(C)(=O)=O. The van der Waals surface area contributed by atoms with E-state index in [0.29, 0.717) is 43.1 Å². The number of piperidine rings is 1. The van der Waals surface area contributed by atoms with Crippen molar-refractivity contribution < 1.29 is 26.4 Å². The Balaban J connectivity index is 1.76. The molecule has 1 aliphatic heterocycles. The molecule has 3 rings (SSSR count). The number of pyridine rings is 1. The number of sulfonamides is 1. The first-order chi connectivity index (χ1) is 14.3. The van der Waals surface area contributed by atoms with Gasteiger partial charge in [-0.15, -0.1) is 0 Å². The largest absolute Gasteiger partial charge is 0.417 e. The molecule has 0 atom stereocenters. The molecule has 170 valence electrons. The second-order valence-corrected chi connectivity index (χ2v) is 9.50. The number of halogens is 3. The number of hydrogen-bond donors (Lipinski definition) is 0. The fourth-order valence-electron chi connectivity index (χ4n) is 3.76. The molecule has 12 heteroatoms. The van der Waals surface area contributed by atoms with Crippen molar-refractivity contribution in [2.45, 2.75) is 32.9 Å². The molecule has 0 aliphatic carbocycles. The maximum Gasteiger partial charge on any atom is 0.417 e. The van der Waals surface area contributed by atoms with Crippen LogP contribution in [0.15, 0.2) is 18.3 Å². The van der Waals surface area contributed by atoms with Gasteiger partial charge in [-0.1, -0.05) is 0 Å². The molecular weight excluding hydrogens is 435 g/mol. The number of carbonyl (C=O) groups is 1. The van der Waals surface area contributed by atoms with Crippen LogP contribution < -0.4 is 9.21 Å². The highest BCUT2D eigenvalue weighted by Gasteiger charge is 2.37. The van der Waals surface area contributed by atoms with Gasteiger partial charge < -0.3 is 4.90 Å². The Morgan fingerprint density at radius 3 is 2.23 bits per heavy atom. The number of anilines is 2. The Labute approximate surface area is 178 Å². The molecule has 0 saturated carbocycles. The average Bonchev–Trinajstić information content (AvgIpc) is 2.93. The monoisotopic (exact) mass is 459 g/mol. The van der Waals surface area contributed by atoms with E-state index in [1.54, 1.807) is 25.8 Å². The van der Waals surface area contributed by atoms with E-state index in [1.165, 1.54) is 10.7 Å². The van der Waals surface area contributed by atoms with Crippen molar-refractivity contribution in [1.82, 2.24) is 14.8 Å². The van der Waals surface area contributed by atoms with Crippen LogP contribution in [0.5, 0.6) is 0 Å². The highest BCUT2D eigenvalue weighted by Crippen LogP contribution is 2.32. The lowest BCUT2D eigenvalue weighted by Gasteiger charge is -2.34. The molecule has 0 bridgehead atoms. The molecule has 0 spiro atoms. The minimum atomic E-state index is -4.46. The van der Waals surface area contributed by atoms with Gasteiger partial charge in [-0.3, -0.25) is 9.48 Å². The van der Waals surface area contributed by atoms with Crippen molar-refractivity contribution in [3.63, 3.8) is 0 Å². The molecule has 1 aliphatic rings. The summed E-state index contributed by atoms with van der Waals surface area (Å²) in [5.74, 6) is -0.682. The third kappa shape index (κ3) is 4.68. The zero-order valence-electron chi connectivity index (χ0n) is 17.6. The number of nitrogens with zero attached hydrogens (tertiary/aromatic N) is 5. The van der Waals surface area contributed by atoms with Gasteiger partial charge in [0, 0.05) is 32.3 Å². The molecule has 0 N–H and O–H groups in total. The Hall–Kier alpha value is -2.63. The lowest BCUT2D eigenvalue weighted by atomic mass is 9.95. The van der Waals surface area contributed by atoms with E-state index in [9.17, 15) is 26.4 Å². The Bertz CT molecular complexity index is 1070. The van der Waals surface area contributed by atoms with E-state index in [1.807, 2.05) is 0 Å². The summed E-state index contributed by atoms with van der Waals surface area (Å²) < 4.78 is 65.5. The summed E-state index contributed by atoms with van der Waals surface area (Å²) in [4.78, 5) is 18.9. The first-order valence-electron chi connectivity index (χ1n) is 9.63. The van der Waals surface area contributed by atoms with E-state index in [0.717, 1.165) is 22.8 Å². The van der Waals surface area contributed by atoms with Crippen LogP contribution in [0.1, 0.15) is 29.8 Å². The fourth-order valence-corrected chi connectivity index (χ4v) is 4.83. The average molecular weight is 459 g/mol. The summed E-state index contributed by atoms with van der Waals surface area (Å²) in [5.41, 5.74) is 0.432. The van der Waals surface area contributed by atoms with E-state index in [4.69, 9.17) is 0 Å². The van der Waals surface area contributed by atoms with E-state index in [2.05, 4.69) is 10.1 Å². The molecular formula is C19H24F3N5O3S. The number of amides is 1. The molecule has 0 radical (unpaired) electrons. The number of aryl methyl sites for hydroxylation is 2. The number of aromatic nitrogens is 3. The molecule has 1 saturated heterocycles. The van der Waals surface area contributed by atoms with Crippen molar-refractivity contribution in [2.24, 2.45) is 13.0 Å². The van der Waals surface area contributed by atoms with E-state index in [-0.39, 0.29) is 5.69 Å². The highest BCUT2D eigenvalue weighted by atomic mass is 32.2. The van der Waals surface area contributed by atoms with Gasteiger partial charge in [-0.2, -0.15) is 18.3 Å². The molecule has 0 aromatic carbocycles. The van der Waals surface area contributed by atoms with Crippen molar-refractivity contribution in [3.05, 3.63) is 35.3 Å². The molecule has 3 heterocycles. The third-order valence-electron chi connectivity index (χ3n) is 5.45. The summed E-state index contributed by atoms with van der Waals surface area (Å²) in [6.45, 7) is 4.08. The summed E-state index contributed by atoms with van der Waals surface area (Å²) in [6.07, 6.45) is -1.98. The van der Waals surface area contributed by atoms with Crippen LogP contribution in [0, 0.1) is 19.8 Å². The van der Waals surface area contributed by atoms with Gasteiger partial charge >= 0.3 is 6.18 Å². The molecule has 2 aromatic heterocycles. The standard InChI is InChI=1S/C19H24F3N5O3S/c1-12-17(13(2)25(3)24-12)27(31(4,29)30)18(28)14-7-9-26(10-8-14)16-6-5-15(11-23-16)19(20,21)22/h5-6,11,14H,7-10H2,1-4H3. The zero-order valence-corrected chi connectivity index (χ0v) is 18.5. The molecule has 1 fully saturated rings. The first kappa shape index (κ1) is 23.0. The van der Waals surface area contributed by atoms with Gasteiger partial charge in [-0.05, 0) is 38.8 Å². The molecule has 31 heavy (non-hydrogen) atoms. The quantitative estimate of drug-likeness (QED) is 0.699. The zero-order chi connectivity index (χ0) is 23.1. The van der Waals surface area contributed by atoms with Crippen molar-refractivity contribution in [1.29, 1.82) is 0 Å². The van der Waals surface area contributed by atoms with Crippen LogP contribution in [0.4, 0.5) is 24.7 Å². The van der Waals surface area contributed by atoms with Crippen molar-refractivity contribution in [2.75, 3.05) is 28.6 Å². The smallest absolute Gasteiger partial charge is 0.357 e. The lowest BCUT2D eigenvalue weighted by molar-refractivity contribution is -0.137. The predicted molar refractivity (Wildman–Crippen MR) is 109 cm³/mol. The van der Waals surface area contributed by atoms with Crippen molar-refractivity contribution >= 4 is 27.4 Å². The normalized spacial score (nSPS) is 15.9.